The Balaban J connectivity index is 1.91. The second-order valence-electron chi connectivity index (χ2n) is 5.17. The molecule has 2 aromatic carbocycles. The van der Waals surface area contributed by atoms with Crippen molar-refractivity contribution in [2.75, 3.05) is 11.1 Å². The molecule has 4 nitrogen and oxygen atoms in total. The van der Waals surface area contributed by atoms with Gasteiger partial charge in [0.25, 0.3) is 5.69 Å². The van der Waals surface area contributed by atoms with E-state index in [-0.39, 0.29) is 16.7 Å². The number of hydrogen-bond acceptors (Lipinski definition) is 4. The molecule has 3 rings (SSSR count). The van der Waals surface area contributed by atoms with E-state index in [1.165, 1.54) is 11.1 Å². The number of thioether (sulfide) groups is 1. The molecule has 0 amide bonds. The number of nitro benzene ring substituents is 1. The number of hydrogen-bond donors (Lipinski definition) is 1. The maximum atomic E-state index is 10.9. The second-order valence-corrected chi connectivity index (χ2v) is 6.20. The van der Waals surface area contributed by atoms with E-state index in [4.69, 9.17) is 0 Å². The molecule has 1 aliphatic rings. The molecule has 1 aliphatic heterocycles. The van der Waals surface area contributed by atoms with E-state index < -0.39 is 0 Å². The van der Waals surface area contributed by atoms with Crippen LogP contribution >= 0.6 is 11.8 Å². The third-order valence-corrected chi connectivity index (χ3v) is 4.82. The van der Waals surface area contributed by atoms with Gasteiger partial charge in [-0.25, -0.2) is 0 Å². The Labute approximate surface area is 127 Å². The summed E-state index contributed by atoms with van der Waals surface area (Å²) in [6.07, 6.45) is 0. The molecule has 2 aromatic rings. The van der Waals surface area contributed by atoms with Gasteiger partial charge < -0.3 is 5.32 Å². The number of aryl methyl sites for hydroxylation is 1. The van der Waals surface area contributed by atoms with Crippen LogP contribution in [-0.4, -0.2) is 10.7 Å². The maximum Gasteiger partial charge on any atom is 0.271 e. The Morgan fingerprint density at radius 3 is 2.90 bits per heavy atom. The first kappa shape index (κ1) is 13.9. The summed E-state index contributed by atoms with van der Waals surface area (Å²) in [5, 5.41) is 14.4. The Morgan fingerprint density at radius 2 is 2.10 bits per heavy atom. The fourth-order valence-electron chi connectivity index (χ4n) is 2.57. The summed E-state index contributed by atoms with van der Waals surface area (Å²) in [5.41, 5.74) is 4.62. The Hall–Kier alpha value is -2.01. The molecule has 0 saturated carbocycles. The summed E-state index contributed by atoms with van der Waals surface area (Å²) in [5.74, 6) is 2.00. The van der Waals surface area contributed by atoms with Crippen LogP contribution in [0.5, 0.6) is 0 Å². The lowest BCUT2D eigenvalue weighted by molar-refractivity contribution is -0.384. The zero-order valence-corrected chi connectivity index (χ0v) is 12.5. The molecule has 21 heavy (non-hydrogen) atoms. The first-order valence-electron chi connectivity index (χ1n) is 6.82. The average Bonchev–Trinajstić information content (AvgIpc) is 2.49. The number of rotatable bonds is 3. The highest BCUT2D eigenvalue weighted by Crippen LogP contribution is 2.35. The van der Waals surface area contributed by atoms with Crippen LogP contribution in [0.2, 0.25) is 0 Å². The topological polar surface area (TPSA) is 55.2 Å². The van der Waals surface area contributed by atoms with Crippen LogP contribution in [-0.2, 0) is 5.75 Å². The van der Waals surface area contributed by atoms with Crippen molar-refractivity contribution in [2.24, 2.45) is 0 Å². The van der Waals surface area contributed by atoms with Crippen molar-refractivity contribution < 1.29 is 4.92 Å². The van der Waals surface area contributed by atoms with Gasteiger partial charge in [-0.05, 0) is 23.6 Å². The first-order chi connectivity index (χ1) is 10.1. The van der Waals surface area contributed by atoms with Gasteiger partial charge in [0.15, 0.2) is 0 Å². The number of non-ortho nitro benzene ring substituents is 1. The van der Waals surface area contributed by atoms with E-state index in [2.05, 4.69) is 23.5 Å². The molecular weight excluding hydrogens is 284 g/mol. The maximum absolute atomic E-state index is 10.9. The Morgan fingerprint density at radius 1 is 1.29 bits per heavy atom. The quantitative estimate of drug-likeness (QED) is 0.678. The van der Waals surface area contributed by atoms with Crippen LogP contribution in [0.1, 0.15) is 22.7 Å². The molecular formula is C16H16N2O2S. The predicted octanol–water partition coefficient (Wildman–Crippen LogP) is 4.30. The number of benzene rings is 2. The molecule has 108 valence electrons. The third-order valence-electron chi connectivity index (χ3n) is 3.73. The summed E-state index contributed by atoms with van der Waals surface area (Å²) in [4.78, 5) is 10.6. The van der Waals surface area contributed by atoms with Gasteiger partial charge in [0.05, 0.1) is 11.0 Å². The van der Waals surface area contributed by atoms with E-state index in [0.29, 0.717) is 0 Å². The molecule has 0 bridgehead atoms. The summed E-state index contributed by atoms with van der Waals surface area (Å²) in [6, 6.07) is 13.5. The summed E-state index contributed by atoms with van der Waals surface area (Å²) < 4.78 is 0. The number of nitro groups is 1. The smallest absolute Gasteiger partial charge is 0.271 e. The van der Waals surface area contributed by atoms with Crippen LogP contribution in [0.15, 0.2) is 42.5 Å². The standard InChI is InChI=1S/C16H16N2O2S/c1-11-6-7-13(18(19)20)8-15(11)17-16-10-21-9-12-4-2-3-5-14(12)16/h2-8,16-17H,9-10H2,1H3. The van der Waals surface area contributed by atoms with Crippen molar-refractivity contribution in [3.05, 3.63) is 69.3 Å². The largest absolute Gasteiger partial charge is 0.377 e. The Bertz CT molecular complexity index is 688. The average molecular weight is 300 g/mol. The van der Waals surface area contributed by atoms with Gasteiger partial charge in [0, 0.05) is 29.3 Å². The van der Waals surface area contributed by atoms with Gasteiger partial charge in [-0.15, -0.1) is 0 Å². The minimum absolute atomic E-state index is 0.125. The zero-order chi connectivity index (χ0) is 14.8. The summed E-state index contributed by atoms with van der Waals surface area (Å²) in [7, 11) is 0. The lowest BCUT2D eigenvalue weighted by Crippen LogP contribution is -2.19. The zero-order valence-electron chi connectivity index (χ0n) is 11.7. The van der Waals surface area contributed by atoms with Crippen molar-refractivity contribution in [3.63, 3.8) is 0 Å². The van der Waals surface area contributed by atoms with Crippen LogP contribution in [0, 0.1) is 17.0 Å². The molecule has 1 unspecified atom stereocenters. The molecule has 0 aromatic heterocycles. The second kappa shape index (κ2) is 5.77. The van der Waals surface area contributed by atoms with E-state index in [1.807, 2.05) is 24.8 Å². The SMILES string of the molecule is Cc1ccc([N+](=O)[O-])cc1NC1CSCc2ccccc21. The molecule has 1 atom stereocenters. The van der Waals surface area contributed by atoms with Crippen LogP contribution in [0.4, 0.5) is 11.4 Å². The van der Waals surface area contributed by atoms with E-state index in [1.54, 1.807) is 18.2 Å². The van der Waals surface area contributed by atoms with Crippen LogP contribution < -0.4 is 5.32 Å². The number of nitrogens with one attached hydrogen (secondary N) is 1. The van der Waals surface area contributed by atoms with Gasteiger partial charge in [0.1, 0.15) is 0 Å². The van der Waals surface area contributed by atoms with Crippen molar-refractivity contribution in [2.45, 2.75) is 18.7 Å². The van der Waals surface area contributed by atoms with Crippen molar-refractivity contribution in [1.29, 1.82) is 0 Å². The van der Waals surface area contributed by atoms with Crippen molar-refractivity contribution in [3.8, 4) is 0 Å². The minimum atomic E-state index is -0.353. The summed E-state index contributed by atoms with van der Waals surface area (Å²) in [6.45, 7) is 1.97. The molecule has 0 aliphatic carbocycles. The van der Waals surface area contributed by atoms with E-state index >= 15 is 0 Å². The van der Waals surface area contributed by atoms with E-state index in [9.17, 15) is 10.1 Å². The Kier molecular flexibility index (Phi) is 3.84. The first-order valence-corrected chi connectivity index (χ1v) is 7.98. The molecule has 5 heteroatoms. The van der Waals surface area contributed by atoms with Gasteiger partial charge in [-0.2, -0.15) is 11.8 Å². The fourth-order valence-corrected chi connectivity index (χ4v) is 3.67. The predicted molar refractivity (Wildman–Crippen MR) is 86.8 cm³/mol. The van der Waals surface area contributed by atoms with E-state index in [0.717, 1.165) is 22.8 Å². The number of fused-ring (bicyclic) bond motifs is 1. The third kappa shape index (κ3) is 2.88. The summed E-state index contributed by atoms with van der Waals surface area (Å²) >= 11 is 1.88. The lowest BCUT2D eigenvalue weighted by Gasteiger charge is -2.27. The molecule has 0 fully saturated rings. The molecule has 0 radical (unpaired) electrons. The van der Waals surface area contributed by atoms with Crippen LogP contribution in [0.25, 0.3) is 0 Å². The van der Waals surface area contributed by atoms with Gasteiger partial charge in [0.2, 0.25) is 0 Å². The highest BCUT2D eigenvalue weighted by Gasteiger charge is 2.21. The lowest BCUT2D eigenvalue weighted by atomic mass is 10.0. The van der Waals surface area contributed by atoms with Crippen LogP contribution in [0.3, 0.4) is 0 Å². The normalized spacial score (nSPS) is 17.1. The van der Waals surface area contributed by atoms with Gasteiger partial charge >= 0.3 is 0 Å². The van der Waals surface area contributed by atoms with Crippen molar-refractivity contribution in [1.82, 2.24) is 0 Å². The number of nitrogens with zero attached hydrogens (tertiary/aromatic N) is 1. The molecule has 0 saturated heterocycles. The molecule has 0 spiro atoms. The van der Waals surface area contributed by atoms with Gasteiger partial charge in [-0.3, -0.25) is 10.1 Å². The van der Waals surface area contributed by atoms with Crippen molar-refractivity contribution >= 4 is 23.1 Å². The molecule has 1 heterocycles. The minimum Gasteiger partial charge on any atom is -0.377 e. The highest BCUT2D eigenvalue weighted by atomic mass is 32.2. The fraction of sp³-hybridized carbons (Fsp3) is 0.250. The van der Waals surface area contributed by atoms with Gasteiger partial charge in [-0.1, -0.05) is 30.3 Å². The number of anilines is 1. The highest BCUT2D eigenvalue weighted by molar-refractivity contribution is 7.98. The molecule has 1 N–H and O–H groups in total. The monoisotopic (exact) mass is 300 g/mol.